The van der Waals surface area contributed by atoms with Crippen LogP contribution in [0.2, 0.25) is 0 Å². The maximum absolute atomic E-state index is 12.7. The smallest absolute Gasteiger partial charge is 0.322 e. The van der Waals surface area contributed by atoms with Crippen molar-refractivity contribution in [2.45, 2.75) is 10.9 Å². The predicted octanol–water partition coefficient (Wildman–Crippen LogP) is 3.43. The van der Waals surface area contributed by atoms with E-state index in [1.54, 1.807) is 13.3 Å². The molecule has 1 N–H and O–H groups in total. The van der Waals surface area contributed by atoms with Crippen molar-refractivity contribution in [3.05, 3.63) is 60.4 Å². The number of rotatable bonds is 4. The van der Waals surface area contributed by atoms with Gasteiger partial charge in [0.15, 0.2) is 5.75 Å². The molecular formula is C18H15N3O2S. The Bertz CT molecular complexity index is 982. The highest BCUT2D eigenvalue weighted by atomic mass is 32.2. The van der Waals surface area contributed by atoms with E-state index >= 15 is 0 Å². The molecule has 0 aliphatic carbocycles. The molecule has 120 valence electrons. The second-order valence-corrected chi connectivity index (χ2v) is 6.76. The van der Waals surface area contributed by atoms with Gasteiger partial charge < -0.3 is 9.29 Å². The van der Waals surface area contributed by atoms with Crippen LogP contribution in [-0.4, -0.2) is 26.6 Å². The number of aromatic amines is 1. The van der Waals surface area contributed by atoms with Gasteiger partial charge in [-0.25, -0.2) is 0 Å². The summed E-state index contributed by atoms with van der Waals surface area (Å²) in [6.45, 7) is 0. The minimum Gasteiger partial charge on any atom is -0.609 e. The molecule has 0 amide bonds. The molecule has 0 spiro atoms. The van der Waals surface area contributed by atoms with Crippen molar-refractivity contribution in [1.29, 1.82) is 0 Å². The average molecular weight is 337 g/mol. The number of benzene rings is 2. The van der Waals surface area contributed by atoms with Crippen LogP contribution >= 0.6 is 0 Å². The molecule has 2 aromatic heterocycles. The fourth-order valence-corrected chi connectivity index (χ4v) is 3.73. The molecule has 1 atom stereocenters. The Hall–Kier alpha value is -2.57. The van der Waals surface area contributed by atoms with Gasteiger partial charge in [-0.15, -0.1) is 0 Å². The van der Waals surface area contributed by atoms with Crippen molar-refractivity contribution >= 4 is 33.0 Å². The van der Waals surface area contributed by atoms with Gasteiger partial charge in [0.25, 0.3) is 0 Å². The zero-order valence-electron chi connectivity index (χ0n) is 13.0. The van der Waals surface area contributed by atoms with Crippen LogP contribution in [-0.2, 0) is 16.9 Å². The van der Waals surface area contributed by atoms with E-state index in [1.807, 2.05) is 48.5 Å². The second-order valence-electron chi connectivity index (χ2n) is 5.39. The van der Waals surface area contributed by atoms with Crippen LogP contribution < -0.4 is 4.74 Å². The SMILES string of the molecule is COc1ccc2c(C[S+]([O-])c3nc4ccccc4[nH]3)nccc2c1. The number of para-hydroxylation sites is 2. The van der Waals surface area contributed by atoms with Crippen molar-refractivity contribution in [2.75, 3.05) is 7.11 Å². The monoisotopic (exact) mass is 337 g/mol. The van der Waals surface area contributed by atoms with Crippen LogP contribution in [0.25, 0.3) is 21.8 Å². The summed E-state index contributed by atoms with van der Waals surface area (Å²) in [5.74, 6) is 1.10. The van der Waals surface area contributed by atoms with E-state index in [9.17, 15) is 4.55 Å². The molecule has 0 aliphatic rings. The molecule has 0 bridgehead atoms. The molecule has 4 aromatic rings. The first-order valence-electron chi connectivity index (χ1n) is 7.49. The predicted molar refractivity (Wildman–Crippen MR) is 94.5 cm³/mol. The lowest BCUT2D eigenvalue weighted by Crippen LogP contribution is -2.08. The van der Waals surface area contributed by atoms with Gasteiger partial charge in [-0.2, -0.15) is 4.98 Å². The molecule has 1 unspecified atom stereocenters. The summed E-state index contributed by atoms with van der Waals surface area (Å²) in [6, 6.07) is 15.4. The van der Waals surface area contributed by atoms with Crippen LogP contribution in [0.15, 0.2) is 59.9 Å². The third-order valence-corrected chi connectivity index (χ3v) is 5.07. The molecule has 0 saturated carbocycles. The highest BCUT2D eigenvalue weighted by Gasteiger charge is 2.19. The van der Waals surface area contributed by atoms with Crippen molar-refractivity contribution in [2.24, 2.45) is 0 Å². The van der Waals surface area contributed by atoms with Crippen LogP contribution in [0, 0.1) is 0 Å². The standard InChI is InChI=1S/C18H15N3O2S/c1-23-13-6-7-14-12(10-13)8-9-19-17(14)11-24(22)18-20-15-4-2-3-5-16(15)21-18/h2-10H,11H2,1H3,(H,20,21). The Balaban J connectivity index is 1.68. The Morgan fingerprint density at radius 3 is 2.88 bits per heavy atom. The Morgan fingerprint density at radius 2 is 2.04 bits per heavy atom. The summed E-state index contributed by atoms with van der Waals surface area (Å²) >= 11 is -1.29. The molecule has 0 radical (unpaired) electrons. The summed E-state index contributed by atoms with van der Waals surface area (Å²) in [5.41, 5.74) is 2.49. The van der Waals surface area contributed by atoms with E-state index in [-0.39, 0.29) is 0 Å². The number of nitrogens with one attached hydrogen (secondary N) is 1. The number of pyridine rings is 1. The van der Waals surface area contributed by atoms with Crippen LogP contribution in [0.5, 0.6) is 5.75 Å². The van der Waals surface area contributed by atoms with Crippen LogP contribution in [0.4, 0.5) is 0 Å². The topological polar surface area (TPSA) is 73.9 Å². The number of aromatic nitrogens is 3. The van der Waals surface area contributed by atoms with Crippen molar-refractivity contribution < 1.29 is 9.29 Å². The first-order chi connectivity index (χ1) is 11.7. The van der Waals surface area contributed by atoms with Gasteiger partial charge in [0, 0.05) is 22.8 Å². The van der Waals surface area contributed by atoms with Crippen LogP contribution in [0.3, 0.4) is 0 Å². The number of nitrogens with zero attached hydrogens (tertiary/aromatic N) is 2. The van der Waals surface area contributed by atoms with E-state index in [4.69, 9.17) is 4.74 Å². The highest BCUT2D eigenvalue weighted by molar-refractivity contribution is 7.90. The third-order valence-electron chi connectivity index (χ3n) is 3.91. The number of H-pyrrole nitrogens is 1. The first kappa shape index (κ1) is 15.0. The van der Waals surface area contributed by atoms with E-state index in [2.05, 4.69) is 15.0 Å². The molecule has 4 rings (SSSR count). The van der Waals surface area contributed by atoms with E-state index in [1.165, 1.54) is 0 Å². The van der Waals surface area contributed by atoms with E-state index in [0.717, 1.165) is 33.2 Å². The third kappa shape index (κ3) is 2.70. The molecule has 2 heterocycles. The molecule has 2 aromatic carbocycles. The number of ether oxygens (including phenoxy) is 1. The second kappa shape index (κ2) is 6.14. The first-order valence-corrected chi connectivity index (χ1v) is 8.81. The fourth-order valence-electron chi connectivity index (χ4n) is 2.69. The Morgan fingerprint density at radius 1 is 1.17 bits per heavy atom. The van der Waals surface area contributed by atoms with Gasteiger partial charge in [0.1, 0.15) is 5.75 Å². The van der Waals surface area contributed by atoms with Crippen LogP contribution in [0.1, 0.15) is 5.69 Å². The zero-order chi connectivity index (χ0) is 16.5. The zero-order valence-corrected chi connectivity index (χ0v) is 13.8. The highest BCUT2D eigenvalue weighted by Crippen LogP contribution is 2.25. The summed E-state index contributed by atoms with van der Waals surface area (Å²) in [4.78, 5) is 11.9. The maximum atomic E-state index is 12.7. The molecular weight excluding hydrogens is 322 g/mol. The normalized spacial score (nSPS) is 12.6. The van der Waals surface area contributed by atoms with Gasteiger partial charge in [-0.05, 0) is 41.8 Å². The number of fused-ring (bicyclic) bond motifs is 2. The maximum Gasteiger partial charge on any atom is 0.322 e. The lowest BCUT2D eigenvalue weighted by atomic mass is 10.1. The van der Waals surface area contributed by atoms with Gasteiger partial charge in [-0.3, -0.25) is 9.97 Å². The summed E-state index contributed by atoms with van der Waals surface area (Å²) < 4.78 is 18.0. The number of methoxy groups -OCH3 is 1. The summed E-state index contributed by atoms with van der Waals surface area (Å²) in [7, 11) is 1.64. The van der Waals surface area contributed by atoms with Crippen molar-refractivity contribution in [1.82, 2.24) is 15.0 Å². The van der Waals surface area contributed by atoms with Gasteiger partial charge >= 0.3 is 5.16 Å². The lowest BCUT2D eigenvalue weighted by Gasteiger charge is -2.09. The number of hydrogen-bond donors (Lipinski definition) is 1. The summed E-state index contributed by atoms with van der Waals surface area (Å²) in [5, 5.41) is 2.47. The van der Waals surface area contributed by atoms with Crippen molar-refractivity contribution in [3.63, 3.8) is 0 Å². The van der Waals surface area contributed by atoms with Gasteiger partial charge in [0.2, 0.25) is 0 Å². The lowest BCUT2D eigenvalue weighted by molar-refractivity contribution is 0.415. The van der Waals surface area contributed by atoms with E-state index < -0.39 is 11.2 Å². The molecule has 24 heavy (non-hydrogen) atoms. The molecule has 0 fully saturated rings. The number of hydrogen-bond acceptors (Lipinski definition) is 4. The van der Waals surface area contributed by atoms with Gasteiger partial charge in [0.05, 0.1) is 23.8 Å². The molecule has 5 nitrogen and oxygen atoms in total. The fraction of sp³-hybridized carbons (Fsp3) is 0.111. The number of imidazole rings is 1. The average Bonchev–Trinajstić information content (AvgIpc) is 3.06. The summed E-state index contributed by atoms with van der Waals surface area (Å²) in [6.07, 6.45) is 1.73. The minimum atomic E-state index is -1.29. The minimum absolute atomic E-state index is 0.309. The Labute approximate surface area is 141 Å². The molecule has 0 saturated heterocycles. The molecule has 0 aliphatic heterocycles. The molecule has 6 heteroatoms. The van der Waals surface area contributed by atoms with E-state index in [0.29, 0.717) is 10.9 Å². The quantitative estimate of drug-likeness (QED) is 0.579. The Kier molecular flexibility index (Phi) is 3.84. The largest absolute Gasteiger partial charge is 0.609 e. The van der Waals surface area contributed by atoms with Crippen molar-refractivity contribution in [3.8, 4) is 5.75 Å². The van der Waals surface area contributed by atoms with Gasteiger partial charge in [-0.1, -0.05) is 12.1 Å².